The number of nitrogens with one attached hydrogen (secondary N) is 2. The van der Waals surface area contributed by atoms with Crippen molar-refractivity contribution < 1.29 is 9.59 Å². The highest BCUT2D eigenvalue weighted by Gasteiger charge is 2.32. The Kier molecular flexibility index (Phi) is 5.53. The van der Waals surface area contributed by atoms with Gasteiger partial charge in [0, 0.05) is 50.3 Å². The summed E-state index contributed by atoms with van der Waals surface area (Å²) in [7, 11) is 0. The monoisotopic (exact) mass is 379 g/mol. The van der Waals surface area contributed by atoms with Gasteiger partial charge in [-0.25, -0.2) is 4.79 Å². The van der Waals surface area contributed by atoms with Crippen LogP contribution in [0.3, 0.4) is 0 Å². The van der Waals surface area contributed by atoms with Gasteiger partial charge in [0.15, 0.2) is 0 Å². The highest BCUT2D eigenvalue weighted by Crippen LogP contribution is 2.21. The summed E-state index contributed by atoms with van der Waals surface area (Å²) in [6.45, 7) is 4.24. The molecule has 2 saturated heterocycles. The molecule has 4 rings (SSSR count). The molecule has 0 aliphatic carbocycles. The third-order valence-corrected chi connectivity index (χ3v) is 5.45. The van der Waals surface area contributed by atoms with Gasteiger partial charge < -0.3 is 15.5 Å². The Labute approximate surface area is 164 Å². The quantitative estimate of drug-likeness (QED) is 0.855. The average Bonchev–Trinajstić information content (AvgIpc) is 3.21. The maximum atomic E-state index is 12.5. The lowest BCUT2D eigenvalue weighted by atomic mass is 10.1. The Balaban J connectivity index is 1.26. The third kappa shape index (κ3) is 4.31. The van der Waals surface area contributed by atoms with E-state index in [1.807, 2.05) is 29.2 Å². The van der Waals surface area contributed by atoms with Gasteiger partial charge in [-0.3, -0.25) is 14.7 Å². The lowest BCUT2D eigenvalue weighted by Gasteiger charge is -2.37. The number of pyridine rings is 1. The standard InChI is InChI=1S/C21H25N5O2/c27-20(17-3-1-9-22-14-17)24-18-7-5-16(6-8-18)13-23-21(28)26-12-11-25-10-2-4-19(25)15-26/h1,3,5-9,14,19H,2,4,10-13,15H2,(H,23,28)(H,24,27). The number of hydrogen-bond donors (Lipinski definition) is 2. The highest BCUT2D eigenvalue weighted by atomic mass is 16.2. The second-order valence-corrected chi connectivity index (χ2v) is 7.33. The first-order valence-electron chi connectivity index (χ1n) is 9.76. The van der Waals surface area contributed by atoms with Gasteiger partial charge in [-0.1, -0.05) is 12.1 Å². The molecule has 3 amide bonds. The number of fused-ring (bicyclic) bond motifs is 1. The van der Waals surface area contributed by atoms with Crippen LogP contribution in [0.2, 0.25) is 0 Å². The lowest BCUT2D eigenvalue weighted by Crippen LogP contribution is -2.54. The van der Waals surface area contributed by atoms with Gasteiger partial charge in [0.2, 0.25) is 0 Å². The van der Waals surface area contributed by atoms with E-state index in [1.54, 1.807) is 18.3 Å². The zero-order valence-corrected chi connectivity index (χ0v) is 15.8. The predicted octanol–water partition coefficient (Wildman–Crippen LogP) is 2.32. The van der Waals surface area contributed by atoms with Crippen LogP contribution in [0, 0.1) is 0 Å². The number of anilines is 1. The van der Waals surface area contributed by atoms with Crippen LogP contribution in [0.1, 0.15) is 28.8 Å². The Hall–Kier alpha value is -2.93. The lowest BCUT2D eigenvalue weighted by molar-refractivity contribution is 0.102. The number of urea groups is 1. The van der Waals surface area contributed by atoms with E-state index in [0.29, 0.717) is 23.8 Å². The van der Waals surface area contributed by atoms with Crippen molar-refractivity contribution in [2.24, 2.45) is 0 Å². The van der Waals surface area contributed by atoms with Crippen LogP contribution < -0.4 is 10.6 Å². The van der Waals surface area contributed by atoms with Gasteiger partial charge in [-0.05, 0) is 49.2 Å². The molecule has 3 heterocycles. The van der Waals surface area contributed by atoms with E-state index in [9.17, 15) is 9.59 Å². The molecule has 0 bridgehead atoms. The number of aromatic nitrogens is 1. The van der Waals surface area contributed by atoms with Crippen LogP contribution in [-0.2, 0) is 6.54 Å². The topological polar surface area (TPSA) is 77.6 Å². The molecule has 0 saturated carbocycles. The summed E-state index contributed by atoms with van der Waals surface area (Å²) >= 11 is 0. The Morgan fingerprint density at radius 3 is 2.75 bits per heavy atom. The molecule has 2 N–H and O–H groups in total. The summed E-state index contributed by atoms with van der Waals surface area (Å²) in [6, 6.07) is 11.5. The number of carbonyl (C=O) groups is 2. The molecule has 2 fully saturated rings. The molecule has 0 radical (unpaired) electrons. The fourth-order valence-corrected chi connectivity index (χ4v) is 3.87. The first-order valence-corrected chi connectivity index (χ1v) is 9.76. The van der Waals surface area contributed by atoms with E-state index in [0.717, 1.165) is 25.2 Å². The molecule has 7 nitrogen and oxygen atoms in total. The van der Waals surface area contributed by atoms with Crippen molar-refractivity contribution in [1.29, 1.82) is 0 Å². The van der Waals surface area contributed by atoms with E-state index in [-0.39, 0.29) is 11.9 Å². The Bertz CT molecular complexity index is 824. The second kappa shape index (κ2) is 8.39. The summed E-state index contributed by atoms with van der Waals surface area (Å²) in [6.07, 6.45) is 5.60. The summed E-state index contributed by atoms with van der Waals surface area (Å²) < 4.78 is 0. The molecule has 28 heavy (non-hydrogen) atoms. The summed E-state index contributed by atoms with van der Waals surface area (Å²) in [5.41, 5.74) is 2.22. The van der Waals surface area contributed by atoms with Crippen molar-refractivity contribution in [3.63, 3.8) is 0 Å². The number of amides is 3. The number of carbonyl (C=O) groups excluding carboxylic acids is 2. The predicted molar refractivity (Wildman–Crippen MR) is 107 cm³/mol. The van der Waals surface area contributed by atoms with Crippen molar-refractivity contribution >= 4 is 17.6 Å². The van der Waals surface area contributed by atoms with Crippen LogP contribution >= 0.6 is 0 Å². The second-order valence-electron chi connectivity index (χ2n) is 7.33. The largest absolute Gasteiger partial charge is 0.334 e. The zero-order chi connectivity index (χ0) is 19.3. The SMILES string of the molecule is O=C(Nc1ccc(CNC(=O)N2CCN3CCCC3C2)cc1)c1cccnc1. The average molecular weight is 379 g/mol. The smallest absolute Gasteiger partial charge is 0.317 e. The minimum Gasteiger partial charge on any atom is -0.334 e. The fourth-order valence-electron chi connectivity index (χ4n) is 3.87. The molecule has 0 spiro atoms. The Morgan fingerprint density at radius 1 is 1.11 bits per heavy atom. The van der Waals surface area contributed by atoms with Crippen LogP contribution in [0.5, 0.6) is 0 Å². The van der Waals surface area contributed by atoms with E-state index in [2.05, 4.69) is 20.5 Å². The zero-order valence-electron chi connectivity index (χ0n) is 15.8. The van der Waals surface area contributed by atoms with Gasteiger partial charge in [-0.2, -0.15) is 0 Å². The van der Waals surface area contributed by atoms with Crippen LogP contribution in [0.25, 0.3) is 0 Å². The van der Waals surface area contributed by atoms with Gasteiger partial charge in [0.05, 0.1) is 5.56 Å². The summed E-state index contributed by atoms with van der Waals surface area (Å²) in [5, 5.41) is 5.85. The number of rotatable bonds is 4. The van der Waals surface area contributed by atoms with Gasteiger partial charge in [0.25, 0.3) is 5.91 Å². The van der Waals surface area contributed by atoms with Crippen molar-refractivity contribution in [2.45, 2.75) is 25.4 Å². The molecule has 2 aliphatic rings. The van der Waals surface area contributed by atoms with Crippen LogP contribution in [0.4, 0.5) is 10.5 Å². The van der Waals surface area contributed by atoms with Crippen LogP contribution in [0.15, 0.2) is 48.8 Å². The van der Waals surface area contributed by atoms with Gasteiger partial charge >= 0.3 is 6.03 Å². The maximum absolute atomic E-state index is 12.5. The third-order valence-electron chi connectivity index (χ3n) is 5.45. The molecule has 1 unspecified atom stereocenters. The number of hydrogen-bond acceptors (Lipinski definition) is 4. The minimum absolute atomic E-state index is 0.000469. The van der Waals surface area contributed by atoms with Crippen molar-refractivity contribution in [3.8, 4) is 0 Å². The van der Waals surface area contributed by atoms with E-state index >= 15 is 0 Å². The molecular weight excluding hydrogens is 354 g/mol. The van der Waals surface area contributed by atoms with E-state index in [4.69, 9.17) is 0 Å². The minimum atomic E-state index is -0.194. The normalized spacial score (nSPS) is 19.1. The van der Waals surface area contributed by atoms with Gasteiger partial charge in [-0.15, -0.1) is 0 Å². The molecule has 146 valence electrons. The molecular formula is C21H25N5O2. The van der Waals surface area contributed by atoms with E-state index in [1.165, 1.54) is 25.6 Å². The van der Waals surface area contributed by atoms with Crippen molar-refractivity contribution in [1.82, 2.24) is 20.1 Å². The first-order chi connectivity index (χ1) is 13.7. The molecule has 1 atom stereocenters. The van der Waals surface area contributed by atoms with Crippen molar-refractivity contribution in [2.75, 3.05) is 31.5 Å². The van der Waals surface area contributed by atoms with Crippen molar-refractivity contribution in [3.05, 3.63) is 59.9 Å². The fraction of sp³-hybridized carbons (Fsp3) is 0.381. The Morgan fingerprint density at radius 2 is 1.96 bits per heavy atom. The molecule has 7 heteroatoms. The number of nitrogens with zero attached hydrogens (tertiary/aromatic N) is 3. The highest BCUT2D eigenvalue weighted by molar-refractivity contribution is 6.04. The summed E-state index contributed by atoms with van der Waals surface area (Å²) in [4.78, 5) is 33.0. The summed E-state index contributed by atoms with van der Waals surface area (Å²) in [5.74, 6) is -0.194. The van der Waals surface area contributed by atoms with E-state index < -0.39 is 0 Å². The molecule has 2 aliphatic heterocycles. The first kappa shape index (κ1) is 18.4. The molecule has 2 aromatic rings. The van der Waals surface area contributed by atoms with Crippen LogP contribution in [-0.4, -0.2) is 58.9 Å². The van der Waals surface area contributed by atoms with Gasteiger partial charge in [0.1, 0.15) is 0 Å². The maximum Gasteiger partial charge on any atom is 0.317 e. The number of benzene rings is 1. The molecule has 1 aromatic carbocycles. The number of piperazine rings is 1. The molecule has 1 aromatic heterocycles.